The van der Waals surface area contributed by atoms with Crippen LogP contribution in [0.3, 0.4) is 0 Å². The number of nitrogens with one attached hydrogen (secondary N) is 1. The molecular formula is C50H100NO14P. The van der Waals surface area contributed by atoms with Gasteiger partial charge in [0, 0.05) is 0 Å². The van der Waals surface area contributed by atoms with Crippen molar-refractivity contribution in [2.45, 2.75) is 306 Å². The van der Waals surface area contributed by atoms with E-state index in [-0.39, 0.29) is 12.8 Å². The van der Waals surface area contributed by atoms with E-state index in [9.17, 15) is 60.2 Å². The van der Waals surface area contributed by atoms with E-state index in [4.69, 9.17) is 9.05 Å². The number of carbonyl (C=O) groups excluding carboxylic acids is 1. The van der Waals surface area contributed by atoms with Gasteiger partial charge in [0.05, 0.1) is 24.9 Å². The molecule has 3 unspecified atom stereocenters. The maximum Gasteiger partial charge on any atom is 0.472 e. The number of hydrogen-bond acceptors (Lipinski definition) is 13. The van der Waals surface area contributed by atoms with Crippen molar-refractivity contribution in [2.24, 2.45) is 0 Å². The van der Waals surface area contributed by atoms with Crippen LogP contribution in [0.4, 0.5) is 0 Å². The third-order valence-corrected chi connectivity index (χ3v) is 14.5. The average Bonchev–Trinajstić information content (AvgIpc) is 3.30. The number of rotatable bonds is 45. The van der Waals surface area contributed by atoms with Gasteiger partial charge in [-0.15, -0.1) is 0 Å². The molecule has 1 fully saturated rings. The molecule has 0 heterocycles. The summed E-state index contributed by atoms with van der Waals surface area (Å²) in [6.07, 6.45) is 20.5. The maximum absolute atomic E-state index is 13.2. The minimum absolute atomic E-state index is 0.126. The second-order valence-corrected chi connectivity index (χ2v) is 20.9. The summed E-state index contributed by atoms with van der Waals surface area (Å²) in [6, 6.07) is -1.60. The molecule has 0 radical (unpaired) electrons. The zero-order chi connectivity index (χ0) is 49.0. The first-order chi connectivity index (χ1) is 31.7. The van der Waals surface area contributed by atoms with Gasteiger partial charge in [-0.1, -0.05) is 226 Å². The summed E-state index contributed by atoms with van der Waals surface area (Å²) >= 11 is 0. The SMILES string of the molecule is CCCCCCCCCCCCCCCCCCCCCCC[C@@H](O)[C@H](O)C(=O)N[C@@H](COP(=O)(O)OC1[C@H](O)[C@H](O)C(O)[C@H](O)[C@H]1O)[C@H](O)[C@@H](O)CCCCCCCCCCCCCC. The number of aliphatic hydroxyl groups is 9. The molecule has 0 spiro atoms. The van der Waals surface area contributed by atoms with Gasteiger partial charge in [-0.3, -0.25) is 13.8 Å². The van der Waals surface area contributed by atoms with Gasteiger partial charge in [-0.25, -0.2) is 4.57 Å². The van der Waals surface area contributed by atoms with E-state index < -0.39 is 87.4 Å². The van der Waals surface area contributed by atoms with Crippen LogP contribution in [0.2, 0.25) is 0 Å². The molecule has 1 rings (SSSR count). The van der Waals surface area contributed by atoms with E-state index in [1.54, 1.807) is 0 Å². The van der Waals surface area contributed by atoms with Gasteiger partial charge in [0.25, 0.3) is 5.91 Å². The van der Waals surface area contributed by atoms with E-state index >= 15 is 0 Å². The van der Waals surface area contributed by atoms with Crippen molar-refractivity contribution < 1.29 is 69.3 Å². The van der Waals surface area contributed by atoms with Gasteiger partial charge >= 0.3 is 7.82 Å². The second kappa shape index (κ2) is 39.9. The Morgan fingerprint density at radius 2 is 0.758 bits per heavy atom. The third kappa shape index (κ3) is 29.4. The fraction of sp³-hybridized carbons (Fsp3) is 0.980. The van der Waals surface area contributed by atoms with Crippen LogP contribution in [0.1, 0.15) is 239 Å². The molecule has 11 N–H and O–H groups in total. The van der Waals surface area contributed by atoms with Gasteiger partial charge in [-0.2, -0.15) is 0 Å². The van der Waals surface area contributed by atoms with Crippen LogP contribution < -0.4 is 5.32 Å². The van der Waals surface area contributed by atoms with E-state index in [2.05, 4.69) is 19.2 Å². The predicted octanol–water partition coefficient (Wildman–Crippen LogP) is 7.93. The quantitative estimate of drug-likeness (QED) is 0.0205. The van der Waals surface area contributed by atoms with Crippen molar-refractivity contribution in [3.63, 3.8) is 0 Å². The molecule has 0 aromatic rings. The lowest BCUT2D eigenvalue weighted by Gasteiger charge is -2.41. The first-order valence-electron chi connectivity index (χ1n) is 26.8. The number of phosphoric acid groups is 1. The Morgan fingerprint density at radius 1 is 0.470 bits per heavy atom. The number of unbranched alkanes of at least 4 members (excludes halogenated alkanes) is 31. The molecule has 0 aliphatic heterocycles. The Labute approximate surface area is 399 Å². The molecule has 12 atom stereocenters. The lowest BCUT2D eigenvalue weighted by Crippen LogP contribution is -2.64. The Hall–Kier alpha value is -0.780. The summed E-state index contributed by atoms with van der Waals surface area (Å²) in [5.41, 5.74) is 0. The van der Waals surface area contributed by atoms with Crippen molar-refractivity contribution in [3.05, 3.63) is 0 Å². The molecule has 0 aromatic carbocycles. The summed E-state index contributed by atoms with van der Waals surface area (Å²) in [6.45, 7) is 3.50. The first kappa shape index (κ1) is 63.2. The molecule has 394 valence electrons. The standard InChI is InChI=1S/C50H100NO14P/c1-3-5-7-9-11-13-15-17-18-19-20-21-22-23-24-25-27-29-31-33-35-37-41(53)43(55)50(61)51-39(38-64-66(62,63)65-49-47(59)45(57)44(56)46(58)48(49)60)42(54)40(52)36-34-32-30-28-26-16-14-12-10-8-6-4-2/h39-49,52-60H,3-38H2,1-2H3,(H,51,61)(H,62,63)/t39-,40-,41+,42-,43-,44?,45-,46+,47+,48+,49?/m0/s1. The summed E-state index contributed by atoms with van der Waals surface area (Å²) in [5.74, 6) is -1.11. The van der Waals surface area contributed by atoms with Gasteiger partial charge in [0.2, 0.25) is 0 Å². The summed E-state index contributed by atoms with van der Waals surface area (Å²) in [5, 5.41) is 96.2. The van der Waals surface area contributed by atoms with Crippen molar-refractivity contribution >= 4 is 13.7 Å². The third-order valence-electron chi connectivity index (χ3n) is 13.5. The Kier molecular flexibility index (Phi) is 38.2. The zero-order valence-corrected chi connectivity index (χ0v) is 42.3. The minimum Gasteiger partial charge on any atom is -0.390 e. The molecular weight excluding hydrogens is 870 g/mol. The molecule has 1 saturated carbocycles. The maximum atomic E-state index is 13.2. The van der Waals surface area contributed by atoms with Gasteiger partial charge in [-0.05, 0) is 12.8 Å². The number of amides is 1. The molecule has 0 aromatic heterocycles. The van der Waals surface area contributed by atoms with Gasteiger partial charge in [0.15, 0.2) is 6.10 Å². The number of hydrogen-bond donors (Lipinski definition) is 11. The van der Waals surface area contributed by atoms with Crippen molar-refractivity contribution in [2.75, 3.05) is 6.61 Å². The monoisotopic (exact) mass is 970 g/mol. The van der Waals surface area contributed by atoms with Crippen LogP contribution in [0, 0.1) is 0 Å². The highest BCUT2D eigenvalue weighted by atomic mass is 31.2. The predicted molar refractivity (Wildman–Crippen MR) is 260 cm³/mol. The molecule has 15 nitrogen and oxygen atoms in total. The Balaban J connectivity index is 2.50. The second-order valence-electron chi connectivity index (χ2n) is 19.5. The molecule has 16 heteroatoms. The van der Waals surface area contributed by atoms with Crippen LogP contribution >= 0.6 is 7.82 Å². The largest absolute Gasteiger partial charge is 0.472 e. The number of phosphoric ester groups is 1. The molecule has 1 amide bonds. The Bertz CT molecular complexity index is 1170. The van der Waals surface area contributed by atoms with E-state index in [1.807, 2.05) is 0 Å². The minimum atomic E-state index is -5.29. The van der Waals surface area contributed by atoms with Crippen LogP contribution in [0.15, 0.2) is 0 Å². The molecule has 1 aliphatic carbocycles. The van der Waals surface area contributed by atoms with Crippen LogP contribution in [0.25, 0.3) is 0 Å². The van der Waals surface area contributed by atoms with Crippen molar-refractivity contribution in [3.8, 4) is 0 Å². The fourth-order valence-electron chi connectivity index (χ4n) is 8.93. The highest BCUT2D eigenvalue weighted by Gasteiger charge is 2.51. The number of carbonyl (C=O) groups is 1. The Morgan fingerprint density at radius 3 is 1.09 bits per heavy atom. The smallest absolute Gasteiger partial charge is 0.390 e. The average molecular weight is 970 g/mol. The van der Waals surface area contributed by atoms with Crippen molar-refractivity contribution in [1.82, 2.24) is 5.32 Å². The topological polar surface area (TPSA) is 267 Å². The van der Waals surface area contributed by atoms with E-state index in [1.165, 1.54) is 148 Å². The zero-order valence-electron chi connectivity index (χ0n) is 41.4. The summed E-state index contributed by atoms with van der Waals surface area (Å²) < 4.78 is 22.8. The molecule has 0 bridgehead atoms. The van der Waals surface area contributed by atoms with Gasteiger partial charge in [0.1, 0.15) is 42.7 Å². The lowest BCUT2D eigenvalue weighted by molar-refractivity contribution is -0.220. The van der Waals surface area contributed by atoms with E-state index in [0.29, 0.717) is 12.8 Å². The van der Waals surface area contributed by atoms with Gasteiger partial charge < -0.3 is 56.2 Å². The summed E-state index contributed by atoms with van der Waals surface area (Å²) in [7, 11) is -5.29. The molecule has 66 heavy (non-hydrogen) atoms. The molecule has 1 aliphatic rings. The van der Waals surface area contributed by atoms with Crippen LogP contribution in [-0.2, 0) is 18.4 Å². The first-order valence-corrected chi connectivity index (χ1v) is 28.3. The van der Waals surface area contributed by atoms with E-state index in [0.717, 1.165) is 51.4 Å². The lowest BCUT2D eigenvalue weighted by atomic mass is 9.85. The number of aliphatic hydroxyl groups excluding tert-OH is 9. The summed E-state index contributed by atoms with van der Waals surface area (Å²) in [4.78, 5) is 23.6. The highest BCUT2D eigenvalue weighted by Crippen LogP contribution is 2.47. The van der Waals surface area contributed by atoms with Crippen molar-refractivity contribution in [1.29, 1.82) is 0 Å². The fourth-order valence-corrected chi connectivity index (χ4v) is 9.89. The van der Waals surface area contributed by atoms with Crippen LogP contribution in [-0.4, -0.2) is 130 Å². The van der Waals surface area contributed by atoms with Crippen LogP contribution in [0.5, 0.6) is 0 Å². The highest BCUT2D eigenvalue weighted by molar-refractivity contribution is 7.47. The normalized spacial score (nSPS) is 23.3. The molecule has 0 saturated heterocycles.